The lowest BCUT2D eigenvalue weighted by Gasteiger charge is -2.25. The van der Waals surface area contributed by atoms with Crippen molar-refractivity contribution in [3.63, 3.8) is 0 Å². The first-order chi connectivity index (χ1) is 16.3. The number of hydrogen-bond acceptors (Lipinski definition) is 4. The Kier molecular flexibility index (Phi) is 6.39. The van der Waals surface area contributed by atoms with Crippen LogP contribution >= 0.6 is 0 Å². The highest BCUT2D eigenvalue weighted by atomic mass is 19.4. The Hall–Kier alpha value is -2.42. The molecule has 1 atom stereocenters. The Morgan fingerprint density at radius 2 is 1.82 bits per heavy atom. The largest absolute Gasteiger partial charge is 0.393 e. The van der Waals surface area contributed by atoms with E-state index in [1.54, 1.807) is 13.1 Å². The highest BCUT2D eigenvalue weighted by Gasteiger charge is 2.31. The van der Waals surface area contributed by atoms with Crippen LogP contribution in [0, 0.1) is 5.92 Å². The third-order valence-corrected chi connectivity index (χ3v) is 7.43. The molecule has 0 spiro atoms. The van der Waals surface area contributed by atoms with Crippen LogP contribution in [0.5, 0.6) is 0 Å². The molecule has 1 N–H and O–H groups in total. The topological polar surface area (TPSA) is 68.2 Å². The minimum atomic E-state index is -4.20. The number of hydrogen-bond donors (Lipinski definition) is 1. The average molecular weight is 476 g/mol. The van der Waals surface area contributed by atoms with Crippen molar-refractivity contribution < 1.29 is 18.3 Å². The molecule has 0 aliphatic heterocycles. The molecule has 0 saturated heterocycles. The summed E-state index contributed by atoms with van der Waals surface area (Å²) in [6.45, 7) is 1.59. The summed E-state index contributed by atoms with van der Waals surface area (Å²) in [6.07, 6.45) is 8.56. The van der Waals surface area contributed by atoms with Crippen LogP contribution in [0.15, 0.2) is 24.7 Å². The van der Waals surface area contributed by atoms with Gasteiger partial charge in [-0.2, -0.15) is 23.4 Å². The second-order valence-electron chi connectivity index (χ2n) is 10.2. The second-order valence-corrected chi connectivity index (χ2v) is 10.2. The van der Waals surface area contributed by atoms with Crippen molar-refractivity contribution in [3.8, 4) is 11.1 Å². The van der Waals surface area contributed by atoms with E-state index in [4.69, 9.17) is 5.10 Å². The summed E-state index contributed by atoms with van der Waals surface area (Å²) in [5.41, 5.74) is 3.89. The van der Waals surface area contributed by atoms with Crippen molar-refractivity contribution in [2.75, 3.05) is 0 Å². The summed E-state index contributed by atoms with van der Waals surface area (Å²) < 4.78 is 42.4. The first-order valence-corrected chi connectivity index (χ1v) is 12.4. The van der Waals surface area contributed by atoms with Crippen molar-refractivity contribution in [2.45, 2.75) is 95.4 Å². The van der Waals surface area contributed by atoms with E-state index >= 15 is 0 Å². The molecule has 2 saturated carbocycles. The molecule has 9 heteroatoms. The maximum Gasteiger partial charge on any atom is 0.389 e. The Labute approximate surface area is 197 Å². The lowest BCUT2D eigenvalue weighted by Crippen LogP contribution is -2.19. The minimum absolute atomic E-state index is 0.172. The number of nitrogens with zero attached hydrogens (tertiary/aromatic N) is 5. The molecule has 3 aromatic heterocycles. The first-order valence-electron chi connectivity index (χ1n) is 12.4. The van der Waals surface area contributed by atoms with E-state index in [2.05, 4.69) is 27.0 Å². The van der Waals surface area contributed by atoms with E-state index in [1.807, 2.05) is 10.7 Å². The predicted molar refractivity (Wildman–Crippen MR) is 122 cm³/mol. The SMILES string of the molecule is C[C@H](Cc1ncc2c(-c3cnn(C4CCCC4)c3)cc(C3CCC(O)CC3)n2n1)CC(F)(F)F. The monoisotopic (exact) mass is 475 g/mol. The molecule has 2 aliphatic carbocycles. The van der Waals surface area contributed by atoms with Gasteiger partial charge in [0.05, 0.1) is 30.1 Å². The van der Waals surface area contributed by atoms with Crippen LogP contribution in [0.1, 0.15) is 88.2 Å². The van der Waals surface area contributed by atoms with Gasteiger partial charge >= 0.3 is 6.18 Å². The number of halogens is 3. The van der Waals surface area contributed by atoms with Crippen molar-refractivity contribution >= 4 is 5.52 Å². The van der Waals surface area contributed by atoms with Gasteiger partial charge in [-0.1, -0.05) is 19.8 Å². The molecule has 2 aliphatic rings. The van der Waals surface area contributed by atoms with Gasteiger partial charge in [-0.25, -0.2) is 9.50 Å². The molecule has 2 fully saturated rings. The highest BCUT2D eigenvalue weighted by Crippen LogP contribution is 2.38. The van der Waals surface area contributed by atoms with Crippen molar-refractivity contribution in [1.29, 1.82) is 0 Å². The average Bonchev–Trinajstić information content (AvgIpc) is 3.52. The van der Waals surface area contributed by atoms with Crippen LogP contribution in [0.2, 0.25) is 0 Å². The van der Waals surface area contributed by atoms with Crippen LogP contribution in [0.3, 0.4) is 0 Å². The molecule has 5 rings (SSSR count). The molecule has 34 heavy (non-hydrogen) atoms. The van der Waals surface area contributed by atoms with Gasteiger partial charge in [-0.15, -0.1) is 0 Å². The van der Waals surface area contributed by atoms with Gasteiger partial charge in [-0.05, 0) is 50.5 Å². The maximum absolute atomic E-state index is 12.8. The highest BCUT2D eigenvalue weighted by molar-refractivity contribution is 5.80. The van der Waals surface area contributed by atoms with Crippen LogP contribution in [0.4, 0.5) is 13.2 Å². The first kappa shape index (κ1) is 23.3. The zero-order chi connectivity index (χ0) is 23.9. The summed E-state index contributed by atoms with van der Waals surface area (Å²) in [6, 6.07) is 2.59. The summed E-state index contributed by atoms with van der Waals surface area (Å²) in [5, 5.41) is 19.3. The number of aliphatic hydroxyl groups is 1. The van der Waals surface area contributed by atoms with Crippen molar-refractivity contribution in [2.24, 2.45) is 5.92 Å². The molecule has 0 radical (unpaired) electrons. The summed E-state index contributed by atoms with van der Waals surface area (Å²) in [7, 11) is 0. The van der Waals surface area contributed by atoms with Gasteiger partial charge in [-0.3, -0.25) is 4.68 Å². The fourth-order valence-electron chi connectivity index (χ4n) is 5.66. The van der Waals surface area contributed by atoms with E-state index < -0.39 is 18.5 Å². The summed E-state index contributed by atoms with van der Waals surface area (Å²) >= 11 is 0. The smallest absolute Gasteiger partial charge is 0.389 e. The minimum Gasteiger partial charge on any atom is -0.393 e. The molecule has 3 aromatic rings. The summed E-state index contributed by atoms with van der Waals surface area (Å²) in [5.74, 6) is 0.0698. The lowest BCUT2D eigenvalue weighted by molar-refractivity contribution is -0.143. The molecule has 0 bridgehead atoms. The number of fused-ring (bicyclic) bond motifs is 1. The standard InChI is InChI=1S/C25H32F3N5O/c1-16(12-25(26,27)28)10-24-29-14-23-21(18-13-30-32(15-18)19-4-2-3-5-19)11-22(33(23)31-24)17-6-8-20(34)9-7-17/h11,13-17,19-20,34H,2-10,12H2,1H3/t16-,17?,20?/m1/s1. The zero-order valence-corrected chi connectivity index (χ0v) is 19.5. The number of alkyl halides is 3. The fraction of sp³-hybridized carbons (Fsp3) is 0.640. The number of aliphatic hydroxyl groups excluding tert-OH is 1. The Morgan fingerprint density at radius 3 is 2.53 bits per heavy atom. The fourth-order valence-corrected chi connectivity index (χ4v) is 5.66. The molecule has 184 valence electrons. The lowest BCUT2D eigenvalue weighted by atomic mass is 9.85. The van der Waals surface area contributed by atoms with Crippen LogP contribution < -0.4 is 0 Å². The van der Waals surface area contributed by atoms with Gasteiger partial charge < -0.3 is 5.11 Å². The van der Waals surface area contributed by atoms with Crippen LogP contribution in [0.25, 0.3) is 16.6 Å². The van der Waals surface area contributed by atoms with Crippen molar-refractivity contribution in [1.82, 2.24) is 24.4 Å². The third kappa shape index (κ3) is 4.99. The molecule has 0 amide bonds. The number of aromatic nitrogens is 5. The molecule has 3 heterocycles. The third-order valence-electron chi connectivity index (χ3n) is 7.43. The molecular formula is C25H32F3N5O. The van der Waals surface area contributed by atoms with Gasteiger partial charge in [0, 0.05) is 41.8 Å². The van der Waals surface area contributed by atoms with Crippen LogP contribution in [-0.4, -0.2) is 41.8 Å². The van der Waals surface area contributed by atoms with Gasteiger partial charge in [0.1, 0.15) is 5.82 Å². The Bertz CT molecular complexity index is 1120. The summed E-state index contributed by atoms with van der Waals surface area (Å²) in [4.78, 5) is 4.45. The van der Waals surface area contributed by atoms with Gasteiger partial charge in [0.25, 0.3) is 0 Å². The molecular weight excluding hydrogens is 443 g/mol. The van der Waals surface area contributed by atoms with Crippen molar-refractivity contribution in [3.05, 3.63) is 36.2 Å². The van der Waals surface area contributed by atoms with E-state index in [-0.39, 0.29) is 18.4 Å². The van der Waals surface area contributed by atoms with Gasteiger partial charge in [0.15, 0.2) is 0 Å². The van der Waals surface area contributed by atoms with Crippen LogP contribution in [-0.2, 0) is 6.42 Å². The van der Waals surface area contributed by atoms with Gasteiger partial charge in [0.2, 0.25) is 0 Å². The van der Waals surface area contributed by atoms with E-state index in [0.717, 1.165) is 60.9 Å². The Morgan fingerprint density at radius 1 is 1.09 bits per heavy atom. The predicted octanol–water partition coefficient (Wildman–Crippen LogP) is 5.86. The second kappa shape index (κ2) is 9.32. The maximum atomic E-state index is 12.8. The Balaban J connectivity index is 1.50. The molecule has 0 unspecified atom stereocenters. The normalized spacial score (nSPS) is 23.1. The number of rotatable bonds is 6. The molecule has 6 nitrogen and oxygen atoms in total. The van der Waals surface area contributed by atoms with E-state index in [0.29, 0.717) is 11.9 Å². The zero-order valence-electron chi connectivity index (χ0n) is 19.5. The van der Waals surface area contributed by atoms with E-state index in [9.17, 15) is 18.3 Å². The quantitative estimate of drug-likeness (QED) is 0.485. The van der Waals surface area contributed by atoms with E-state index in [1.165, 1.54) is 12.8 Å². The molecule has 0 aromatic carbocycles.